The van der Waals surface area contributed by atoms with Gasteiger partial charge in [0.25, 0.3) is 11.8 Å². The lowest BCUT2D eigenvalue weighted by atomic mass is 10.2. The number of hydrogen-bond acceptors (Lipinski definition) is 5. The van der Waals surface area contributed by atoms with Crippen molar-refractivity contribution in [3.8, 4) is 11.5 Å². The summed E-state index contributed by atoms with van der Waals surface area (Å²) in [4.78, 5) is 19.5. The minimum atomic E-state index is 0.0670. The molecule has 0 saturated carbocycles. The number of aromatic nitrogens is 2. The van der Waals surface area contributed by atoms with Crippen molar-refractivity contribution in [3.05, 3.63) is 30.3 Å². The maximum absolute atomic E-state index is 11.7. The average molecular weight is 258 g/mol. The summed E-state index contributed by atoms with van der Waals surface area (Å²) in [6, 6.07) is 9.58. The van der Waals surface area contributed by atoms with Gasteiger partial charge in [0.05, 0.1) is 0 Å². The molecule has 0 N–H and O–H groups in total. The number of carbonyl (C=O) groups excluding carboxylic acids is 1. The van der Waals surface area contributed by atoms with E-state index in [4.69, 9.17) is 4.52 Å². The number of rotatable bonds is 2. The first kappa shape index (κ1) is 11.7. The van der Waals surface area contributed by atoms with E-state index in [1.165, 1.54) is 0 Å². The second kappa shape index (κ2) is 4.72. The van der Waals surface area contributed by atoms with Gasteiger partial charge in [-0.2, -0.15) is 4.98 Å². The Kier molecular flexibility index (Phi) is 2.91. The van der Waals surface area contributed by atoms with Gasteiger partial charge < -0.3 is 14.3 Å². The van der Waals surface area contributed by atoms with Gasteiger partial charge in [-0.3, -0.25) is 4.79 Å². The molecule has 0 radical (unpaired) electrons. The monoisotopic (exact) mass is 258 g/mol. The van der Waals surface area contributed by atoms with Gasteiger partial charge in [0, 0.05) is 25.7 Å². The predicted octanol–water partition coefficient (Wildman–Crippen LogP) is 1.01. The maximum atomic E-state index is 11.7. The highest BCUT2D eigenvalue weighted by atomic mass is 16.5. The summed E-state index contributed by atoms with van der Waals surface area (Å²) in [5, 5.41) is 3.94. The summed E-state index contributed by atoms with van der Waals surface area (Å²) in [5.41, 5.74) is 0.877. The minimum Gasteiger partial charge on any atom is -0.342 e. The van der Waals surface area contributed by atoms with E-state index in [-0.39, 0.29) is 5.91 Å². The average Bonchev–Trinajstić information content (AvgIpc) is 2.93. The molecular formula is C13H14N4O2. The van der Waals surface area contributed by atoms with Crippen LogP contribution in [0.4, 0.5) is 5.95 Å². The highest BCUT2D eigenvalue weighted by molar-refractivity contribution is 5.81. The summed E-state index contributed by atoms with van der Waals surface area (Å²) < 4.78 is 5.24. The number of piperazine rings is 1. The standard InChI is InChI=1S/C13H14N4O2/c1-16-7-8-17(9-11(16)18)13-14-12(19-15-13)10-5-3-2-4-6-10/h2-6H,7-9H2,1H3. The quantitative estimate of drug-likeness (QED) is 0.804. The van der Waals surface area contributed by atoms with Crippen LogP contribution in [0.3, 0.4) is 0 Å². The molecule has 98 valence electrons. The SMILES string of the molecule is CN1CCN(c2noc(-c3ccccc3)n2)CC1=O. The highest BCUT2D eigenvalue weighted by Gasteiger charge is 2.24. The topological polar surface area (TPSA) is 62.5 Å². The fourth-order valence-corrected chi connectivity index (χ4v) is 1.97. The van der Waals surface area contributed by atoms with Crippen molar-refractivity contribution in [2.45, 2.75) is 0 Å². The third kappa shape index (κ3) is 2.29. The molecular weight excluding hydrogens is 244 g/mol. The number of carbonyl (C=O) groups is 1. The molecule has 1 fully saturated rings. The van der Waals surface area contributed by atoms with Crippen LogP contribution in [0.1, 0.15) is 0 Å². The van der Waals surface area contributed by atoms with Crippen LogP contribution in [0, 0.1) is 0 Å². The van der Waals surface area contributed by atoms with Crippen molar-refractivity contribution < 1.29 is 9.32 Å². The molecule has 1 aromatic heterocycles. The molecule has 0 bridgehead atoms. The first-order chi connectivity index (χ1) is 9.24. The second-order valence-corrected chi connectivity index (χ2v) is 4.50. The Morgan fingerprint density at radius 1 is 1.21 bits per heavy atom. The van der Waals surface area contributed by atoms with Crippen LogP contribution in [0.25, 0.3) is 11.5 Å². The van der Waals surface area contributed by atoms with Crippen molar-refractivity contribution in [2.24, 2.45) is 0 Å². The van der Waals surface area contributed by atoms with Crippen LogP contribution in [0.2, 0.25) is 0 Å². The van der Waals surface area contributed by atoms with Crippen molar-refractivity contribution >= 4 is 11.9 Å². The Morgan fingerprint density at radius 3 is 2.74 bits per heavy atom. The summed E-state index contributed by atoms with van der Waals surface area (Å²) >= 11 is 0. The van der Waals surface area contributed by atoms with Gasteiger partial charge in [0.1, 0.15) is 6.54 Å². The number of anilines is 1. The van der Waals surface area contributed by atoms with Crippen LogP contribution in [0.15, 0.2) is 34.9 Å². The molecule has 0 unspecified atom stereocenters. The van der Waals surface area contributed by atoms with E-state index in [0.29, 0.717) is 24.9 Å². The Labute approximate surface area is 110 Å². The third-order valence-corrected chi connectivity index (χ3v) is 3.18. The zero-order chi connectivity index (χ0) is 13.2. The lowest BCUT2D eigenvalue weighted by molar-refractivity contribution is -0.129. The number of amides is 1. The largest absolute Gasteiger partial charge is 0.342 e. The normalized spacial score (nSPS) is 15.9. The van der Waals surface area contributed by atoms with Crippen LogP contribution in [-0.2, 0) is 4.79 Å². The Bertz CT molecular complexity index is 581. The Morgan fingerprint density at radius 2 is 2.00 bits per heavy atom. The van der Waals surface area contributed by atoms with Crippen molar-refractivity contribution in [2.75, 3.05) is 31.6 Å². The fraction of sp³-hybridized carbons (Fsp3) is 0.308. The van der Waals surface area contributed by atoms with Crippen LogP contribution >= 0.6 is 0 Å². The van der Waals surface area contributed by atoms with Crippen molar-refractivity contribution in [1.82, 2.24) is 15.0 Å². The number of likely N-dealkylation sites (N-methyl/N-ethyl adjacent to an activating group) is 1. The van der Waals surface area contributed by atoms with E-state index in [9.17, 15) is 4.79 Å². The van der Waals surface area contributed by atoms with Gasteiger partial charge in [0.15, 0.2) is 0 Å². The van der Waals surface area contributed by atoms with E-state index >= 15 is 0 Å². The molecule has 1 aliphatic rings. The Hall–Kier alpha value is -2.37. The summed E-state index contributed by atoms with van der Waals surface area (Å²) in [6.07, 6.45) is 0. The van der Waals surface area contributed by atoms with Gasteiger partial charge in [-0.15, -0.1) is 0 Å². The first-order valence-corrected chi connectivity index (χ1v) is 6.12. The number of benzene rings is 1. The van der Waals surface area contributed by atoms with E-state index in [2.05, 4.69) is 10.1 Å². The van der Waals surface area contributed by atoms with E-state index in [0.717, 1.165) is 12.1 Å². The number of nitrogens with zero attached hydrogens (tertiary/aromatic N) is 4. The summed E-state index contributed by atoms with van der Waals surface area (Å²) in [6.45, 7) is 1.69. The molecule has 1 aliphatic heterocycles. The zero-order valence-electron chi connectivity index (χ0n) is 10.6. The second-order valence-electron chi connectivity index (χ2n) is 4.50. The smallest absolute Gasteiger partial charge is 0.266 e. The van der Waals surface area contributed by atoms with Gasteiger partial charge in [0.2, 0.25) is 5.91 Å². The van der Waals surface area contributed by atoms with Gasteiger partial charge in [-0.1, -0.05) is 18.2 Å². The molecule has 6 heteroatoms. The van der Waals surface area contributed by atoms with E-state index < -0.39 is 0 Å². The summed E-state index contributed by atoms with van der Waals surface area (Å²) in [7, 11) is 1.80. The van der Waals surface area contributed by atoms with E-state index in [1.807, 2.05) is 35.2 Å². The zero-order valence-corrected chi connectivity index (χ0v) is 10.6. The van der Waals surface area contributed by atoms with Crippen molar-refractivity contribution in [1.29, 1.82) is 0 Å². The fourth-order valence-electron chi connectivity index (χ4n) is 1.97. The van der Waals surface area contributed by atoms with E-state index in [1.54, 1.807) is 11.9 Å². The molecule has 1 amide bonds. The molecule has 6 nitrogen and oxygen atoms in total. The molecule has 19 heavy (non-hydrogen) atoms. The minimum absolute atomic E-state index is 0.0670. The highest BCUT2D eigenvalue weighted by Crippen LogP contribution is 2.20. The third-order valence-electron chi connectivity index (χ3n) is 3.18. The summed E-state index contributed by atoms with van der Waals surface area (Å²) in [5.74, 6) is 1.01. The molecule has 0 spiro atoms. The Balaban J connectivity index is 1.80. The molecule has 2 heterocycles. The molecule has 1 aromatic carbocycles. The van der Waals surface area contributed by atoms with Gasteiger partial charge in [-0.05, 0) is 17.3 Å². The molecule has 1 saturated heterocycles. The molecule has 0 aliphatic carbocycles. The molecule has 3 rings (SSSR count). The maximum Gasteiger partial charge on any atom is 0.266 e. The van der Waals surface area contributed by atoms with Gasteiger partial charge >= 0.3 is 0 Å². The van der Waals surface area contributed by atoms with Crippen LogP contribution in [-0.4, -0.2) is 47.6 Å². The predicted molar refractivity (Wildman–Crippen MR) is 69.6 cm³/mol. The van der Waals surface area contributed by atoms with Crippen LogP contribution in [0.5, 0.6) is 0 Å². The van der Waals surface area contributed by atoms with Gasteiger partial charge in [-0.25, -0.2) is 0 Å². The molecule has 2 aromatic rings. The number of hydrogen-bond donors (Lipinski definition) is 0. The lowest BCUT2D eigenvalue weighted by Crippen LogP contribution is -2.48. The van der Waals surface area contributed by atoms with Crippen LogP contribution < -0.4 is 4.90 Å². The molecule has 0 atom stereocenters. The first-order valence-electron chi connectivity index (χ1n) is 6.12. The lowest BCUT2D eigenvalue weighted by Gasteiger charge is -2.30. The van der Waals surface area contributed by atoms with Crippen molar-refractivity contribution in [3.63, 3.8) is 0 Å².